The minimum atomic E-state index is -1.04. The van der Waals surface area contributed by atoms with Crippen LogP contribution in [0.5, 0.6) is 0 Å². The number of ether oxygens (including phenoxy) is 10. The zero-order valence-corrected chi connectivity index (χ0v) is 30.4. The molecular weight excluding hydrogens is 688 g/mol. The fourth-order valence-corrected chi connectivity index (χ4v) is 6.28. The van der Waals surface area contributed by atoms with Crippen molar-refractivity contribution in [3.05, 3.63) is 108 Å². The van der Waals surface area contributed by atoms with Gasteiger partial charge in [-0.3, -0.25) is 14.4 Å². The second-order valence-corrected chi connectivity index (χ2v) is 12.8. The van der Waals surface area contributed by atoms with Crippen LogP contribution >= 0.6 is 0 Å². The molecule has 13 nitrogen and oxygen atoms in total. The Balaban J connectivity index is 1.41. The van der Waals surface area contributed by atoms with E-state index in [1.54, 1.807) is 0 Å². The molecule has 13 heteroatoms. The normalized spacial score (nSPS) is 27.1. The molecule has 0 aromatic heterocycles. The van der Waals surface area contributed by atoms with Crippen LogP contribution in [0.4, 0.5) is 0 Å². The van der Waals surface area contributed by atoms with Crippen molar-refractivity contribution in [2.24, 2.45) is 0 Å². The van der Waals surface area contributed by atoms with Crippen LogP contribution in [-0.4, -0.2) is 93.5 Å². The standard InChI is InChI=1S/C40H48O13/c1-26(41)45-24-33-36(51-28(3)43)32(50-27(2)42)20-35(52-33)46-25-34-37(47-21-29-14-8-5-9-15-29)38(48-22-30-16-10-6-11-17-30)39(40(44-4)53-34)49-23-31-18-12-7-13-19-31/h5-19,32-40H,20-25H2,1-4H3/t32-,33-,34-,35?,36+,37-,38+,39-,40+/m1/s1. The van der Waals surface area contributed by atoms with E-state index in [9.17, 15) is 14.4 Å². The molecule has 2 saturated heterocycles. The van der Waals surface area contributed by atoms with Gasteiger partial charge in [-0.25, -0.2) is 0 Å². The molecular formula is C40H48O13. The van der Waals surface area contributed by atoms with E-state index in [0.29, 0.717) is 0 Å². The van der Waals surface area contributed by atoms with Crippen molar-refractivity contribution in [3.63, 3.8) is 0 Å². The molecule has 5 rings (SSSR count). The zero-order valence-electron chi connectivity index (χ0n) is 30.4. The van der Waals surface area contributed by atoms with E-state index in [4.69, 9.17) is 47.4 Å². The van der Waals surface area contributed by atoms with Gasteiger partial charge in [0.05, 0.1) is 26.4 Å². The highest BCUT2D eigenvalue weighted by Crippen LogP contribution is 2.33. The maximum Gasteiger partial charge on any atom is 0.303 e. The monoisotopic (exact) mass is 736 g/mol. The summed E-state index contributed by atoms with van der Waals surface area (Å²) < 4.78 is 60.9. The number of hydrogen-bond donors (Lipinski definition) is 0. The van der Waals surface area contributed by atoms with E-state index in [1.165, 1.54) is 27.9 Å². The van der Waals surface area contributed by atoms with Crippen molar-refractivity contribution in [3.8, 4) is 0 Å². The average molecular weight is 737 g/mol. The quantitative estimate of drug-likeness (QED) is 0.140. The van der Waals surface area contributed by atoms with Gasteiger partial charge in [0, 0.05) is 34.3 Å². The van der Waals surface area contributed by atoms with Crippen molar-refractivity contribution < 1.29 is 61.8 Å². The van der Waals surface area contributed by atoms with Crippen LogP contribution in [0.25, 0.3) is 0 Å². The molecule has 2 fully saturated rings. The summed E-state index contributed by atoms with van der Waals surface area (Å²) in [6.45, 7) is 4.15. The van der Waals surface area contributed by atoms with Gasteiger partial charge in [0.1, 0.15) is 43.2 Å². The predicted octanol–water partition coefficient (Wildman–Crippen LogP) is 4.67. The lowest BCUT2D eigenvalue weighted by Gasteiger charge is -2.46. The van der Waals surface area contributed by atoms with Crippen molar-refractivity contribution >= 4 is 17.9 Å². The van der Waals surface area contributed by atoms with Crippen LogP contribution in [-0.2, 0) is 81.6 Å². The highest BCUT2D eigenvalue weighted by Gasteiger charge is 2.50. The largest absolute Gasteiger partial charge is 0.463 e. The van der Waals surface area contributed by atoms with Gasteiger partial charge in [0.15, 0.2) is 18.7 Å². The van der Waals surface area contributed by atoms with Crippen LogP contribution in [0.15, 0.2) is 91.0 Å². The molecule has 1 unspecified atom stereocenters. The number of methoxy groups -OCH3 is 1. The molecule has 3 aromatic rings. The number of rotatable bonds is 17. The molecule has 53 heavy (non-hydrogen) atoms. The fraction of sp³-hybridized carbons (Fsp3) is 0.475. The van der Waals surface area contributed by atoms with Gasteiger partial charge in [-0.1, -0.05) is 91.0 Å². The summed E-state index contributed by atoms with van der Waals surface area (Å²) in [6, 6.07) is 29.3. The van der Waals surface area contributed by atoms with Gasteiger partial charge in [0.25, 0.3) is 0 Å². The number of benzene rings is 3. The molecule has 0 radical (unpaired) electrons. The molecule has 2 heterocycles. The van der Waals surface area contributed by atoms with Crippen LogP contribution in [0, 0.1) is 0 Å². The van der Waals surface area contributed by atoms with Crippen molar-refractivity contribution in [2.75, 3.05) is 20.3 Å². The molecule has 286 valence electrons. The van der Waals surface area contributed by atoms with Crippen molar-refractivity contribution in [2.45, 2.75) is 102 Å². The summed E-state index contributed by atoms with van der Waals surface area (Å²) in [5, 5.41) is 0. The SMILES string of the molecule is CO[C@H]1O[C@H](COC2C[C@@H](OC(C)=O)[C@H](OC(C)=O)[C@@H](COC(C)=O)O2)[C@@H](OCc2ccccc2)[C@H](OCc2ccccc2)[C@H]1OCc1ccccc1. The average Bonchev–Trinajstić information content (AvgIpc) is 3.15. The van der Waals surface area contributed by atoms with E-state index < -0.39 is 73.2 Å². The third kappa shape index (κ3) is 12.2. The predicted molar refractivity (Wildman–Crippen MR) is 188 cm³/mol. The van der Waals surface area contributed by atoms with E-state index in [2.05, 4.69) is 0 Å². The Morgan fingerprint density at radius 3 is 1.55 bits per heavy atom. The first-order chi connectivity index (χ1) is 25.7. The lowest BCUT2D eigenvalue weighted by molar-refractivity contribution is -0.333. The third-order valence-electron chi connectivity index (χ3n) is 8.68. The highest BCUT2D eigenvalue weighted by molar-refractivity contribution is 5.67. The molecule has 0 N–H and O–H groups in total. The van der Waals surface area contributed by atoms with E-state index >= 15 is 0 Å². The smallest absolute Gasteiger partial charge is 0.303 e. The molecule has 9 atom stereocenters. The lowest BCUT2D eigenvalue weighted by atomic mass is 9.97. The molecule has 0 aliphatic carbocycles. The number of carbonyl (C=O) groups excluding carboxylic acids is 3. The summed E-state index contributed by atoms with van der Waals surface area (Å²) in [5.74, 6) is -1.77. The van der Waals surface area contributed by atoms with Crippen LogP contribution in [0.1, 0.15) is 43.9 Å². The minimum absolute atomic E-state index is 0.0147. The van der Waals surface area contributed by atoms with Gasteiger partial charge in [-0.15, -0.1) is 0 Å². The number of carbonyl (C=O) groups is 3. The lowest BCUT2D eigenvalue weighted by Crippen LogP contribution is -2.62. The summed E-state index contributed by atoms with van der Waals surface area (Å²) in [5.41, 5.74) is 2.86. The second kappa shape index (κ2) is 20.3. The molecule has 0 bridgehead atoms. The molecule has 0 spiro atoms. The van der Waals surface area contributed by atoms with Crippen molar-refractivity contribution in [1.82, 2.24) is 0 Å². The minimum Gasteiger partial charge on any atom is -0.463 e. The van der Waals surface area contributed by atoms with Gasteiger partial charge < -0.3 is 47.4 Å². The number of hydrogen-bond acceptors (Lipinski definition) is 13. The summed E-state index contributed by atoms with van der Waals surface area (Å²) >= 11 is 0. The third-order valence-corrected chi connectivity index (χ3v) is 8.68. The summed E-state index contributed by atoms with van der Waals surface area (Å²) in [7, 11) is 1.53. The van der Waals surface area contributed by atoms with Crippen LogP contribution in [0.2, 0.25) is 0 Å². The Morgan fingerprint density at radius 1 is 0.566 bits per heavy atom. The molecule has 0 amide bonds. The Labute approximate surface area is 309 Å². The summed E-state index contributed by atoms with van der Waals surface area (Å²) in [6.07, 6.45) is -7.73. The first-order valence-electron chi connectivity index (χ1n) is 17.6. The Hall–Kier alpha value is -4.21. The molecule has 2 aliphatic rings. The van der Waals surface area contributed by atoms with Gasteiger partial charge >= 0.3 is 17.9 Å². The fourth-order valence-electron chi connectivity index (χ4n) is 6.28. The second-order valence-electron chi connectivity index (χ2n) is 12.8. The van der Waals surface area contributed by atoms with Gasteiger partial charge in [-0.05, 0) is 16.7 Å². The van der Waals surface area contributed by atoms with E-state index in [0.717, 1.165) is 16.7 Å². The summed E-state index contributed by atoms with van der Waals surface area (Å²) in [4.78, 5) is 35.8. The highest BCUT2D eigenvalue weighted by atomic mass is 16.7. The first-order valence-corrected chi connectivity index (χ1v) is 17.6. The zero-order chi connectivity index (χ0) is 37.6. The number of esters is 3. The Bertz CT molecular complexity index is 1560. The molecule has 0 saturated carbocycles. The topological polar surface area (TPSA) is 144 Å². The molecule has 2 aliphatic heterocycles. The van der Waals surface area contributed by atoms with Gasteiger partial charge in [0.2, 0.25) is 0 Å². The Morgan fingerprint density at radius 2 is 1.06 bits per heavy atom. The maximum atomic E-state index is 12.1. The molecule has 3 aromatic carbocycles. The van der Waals surface area contributed by atoms with Crippen LogP contribution < -0.4 is 0 Å². The van der Waals surface area contributed by atoms with E-state index in [-0.39, 0.29) is 39.5 Å². The van der Waals surface area contributed by atoms with Gasteiger partial charge in [-0.2, -0.15) is 0 Å². The Kier molecular flexibility index (Phi) is 15.3. The van der Waals surface area contributed by atoms with Crippen molar-refractivity contribution in [1.29, 1.82) is 0 Å². The maximum absolute atomic E-state index is 12.1. The first kappa shape index (κ1) is 40.0. The van der Waals surface area contributed by atoms with E-state index in [1.807, 2.05) is 91.0 Å². The van der Waals surface area contributed by atoms with Crippen LogP contribution in [0.3, 0.4) is 0 Å².